The third-order valence-corrected chi connectivity index (χ3v) is 7.02. The number of nitrogens with zero attached hydrogens (tertiary/aromatic N) is 2. The van der Waals surface area contributed by atoms with E-state index in [-0.39, 0.29) is 18.8 Å². The summed E-state index contributed by atoms with van der Waals surface area (Å²) >= 11 is 0. The largest absolute Gasteiger partial charge is 0.481 e. The van der Waals surface area contributed by atoms with Gasteiger partial charge in [0.05, 0.1) is 23.5 Å². The second-order valence-electron chi connectivity index (χ2n) is 9.81. The van der Waals surface area contributed by atoms with Crippen molar-refractivity contribution in [3.63, 3.8) is 0 Å². The zero-order valence-electron chi connectivity index (χ0n) is 22.2. The Labute approximate surface area is 231 Å². The number of para-hydroxylation sites is 2. The van der Waals surface area contributed by atoms with Crippen LogP contribution in [0.4, 0.5) is 0 Å². The van der Waals surface area contributed by atoms with Gasteiger partial charge < -0.3 is 19.9 Å². The Balaban J connectivity index is 1.55. The van der Waals surface area contributed by atoms with Crippen LogP contribution in [-0.2, 0) is 16.0 Å². The zero-order chi connectivity index (χ0) is 28.1. The highest BCUT2D eigenvalue weighted by molar-refractivity contribution is 5.84. The van der Waals surface area contributed by atoms with E-state index >= 15 is 0 Å². The number of rotatable bonds is 11. The summed E-state index contributed by atoms with van der Waals surface area (Å²) in [7, 11) is 0. The van der Waals surface area contributed by atoms with Gasteiger partial charge in [0.2, 0.25) is 12.7 Å². The second kappa shape index (κ2) is 12.0. The number of benzene rings is 3. The molecule has 3 aromatic carbocycles. The van der Waals surface area contributed by atoms with Gasteiger partial charge in [0.15, 0.2) is 11.5 Å². The molecule has 40 heavy (non-hydrogen) atoms. The standard InChI is InChI=1S/C31H31N3O6/c1-2-3-12-26(30(37)33-23(18-29(35)36)21-14-15-27-28(17-21)40-19-39-27)34-25-13-8-7-11-22(25)32-24(31(34)38)16-20-9-5-4-6-10-20/h4-11,13-15,17,23,26H,2-3,12,16,18-19H2,1H3,(H,33,37)(H,35,36)/t23-,26?/m0/s1. The highest BCUT2D eigenvalue weighted by Gasteiger charge is 2.29. The number of aliphatic carboxylic acids is 1. The predicted octanol–water partition coefficient (Wildman–Crippen LogP) is 4.78. The summed E-state index contributed by atoms with van der Waals surface area (Å²) in [5.74, 6) is -0.441. The Bertz CT molecular complexity index is 1580. The average Bonchev–Trinajstić information content (AvgIpc) is 3.43. The number of nitrogens with one attached hydrogen (secondary N) is 1. The van der Waals surface area contributed by atoms with Crippen molar-refractivity contribution in [2.45, 2.75) is 51.1 Å². The van der Waals surface area contributed by atoms with E-state index in [9.17, 15) is 19.5 Å². The first-order valence-electron chi connectivity index (χ1n) is 13.4. The fourth-order valence-corrected chi connectivity index (χ4v) is 5.02. The van der Waals surface area contributed by atoms with E-state index in [1.54, 1.807) is 24.3 Å². The lowest BCUT2D eigenvalue weighted by atomic mass is 10.0. The molecule has 1 aromatic heterocycles. The van der Waals surface area contributed by atoms with E-state index in [1.807, 2.05) is 55.5 Å². The van der Waals surface area contributed by atoms with E-state index in [1.165, 1.54) is 4.57 Å². The number of hydrogen-bond acceptors (Lipinski definition) is 6. The Morgan fingerprint density at radius 1 is 1.02 bits per heavy atom. The SMILES string of the molecule is CCCCC(C(=O)N[C@@H](CC(=O)O)c1ccc2c(c1)OCO2)n1c(=O)c(Cc2ccccc2)nc2ccccc21. The number of carboxylic acids is 1. The molecule has 2 heterocycles. The minimum atomic E-state index is -1.07. The van der Waals surface area contributed by atoms with Gasteiger partial charge in [0, 0.05) is 6.42 Å². The highest BCUT2D eigenvalue weighted by Crippen LogP contribution is 2.35. The topological polar surface area (TPSA) is 120 Å². The van der Waals surface area contributed by atoms with Crippen molar-refractivity contribution in [1.29, 1.82) is 0 Å². The van der Waals surface area contributed by atoms with Crippen molar-refractivity contribution in [2.75, 3.05) is 6.79 Å². The molecule has 0 saturated heterocycles. The van der Waals surface area contributed by atoms with Crippen molar-refractivity contribution in [3.8, 4) is 11.5 Å². The molecule has 1 amide bonds. The molecule has 1 aliphatic heterocycles. The Kier molecular flexibility index (Phi) is 8.10. The van der Waals surface area contributed by atoms with E-state index < -0.39 is 24.0 Å². The molecule has 1 aliphatic rings. The van der Waals surface area contributed by atoms with Gasteiger partial charge in [-0.15, -0.1) is 0 Å². The lowest BCUT2D eigenvalue weighted by Crippen LogP contribution is -2.41. The number of ether oxygens (including phenoxy) is 2. The molecule has 0 radical (unpaired) electrons. The van der Waals surface area contributed by atoms with Gasteiger partial charge in [-0.2, -0.15) is 0 Å². The molecule has 5 rings (SSSR count). The van der Waals surface area contributed by atoms with Crippen LogP contribution in [-0.4, -0.2) is 33.3 Å². The van der Waals surface area contributed by atoms with Gasteiger partial charge >= 0.3 is 5.97 Å². The van der Waals surface area contributed by atoms with Crippen LogP contribution in [0.5, 0.6) is 11.5 Å². The molecule has 9 heteroatoms. The number of aromatic nitrogens is 2. The minimum absolute atomic E-state index is 0.0805. The zero-order valence-corrected chi connectivity index (χ0v) is 22.2. The summed E-state index contributed by atoms with van der Waals surface area (Å²) in [5.41, 5.74) is 2.69. The molecule has 4 aromatic rings. The lowest BCUT2D eigenvalue weighted by Gasteiger charge is -2.25. The number of carbonyl (C=O) groups is 2. The Morgan fingerprint density at radius 2 is 1.77 bits per heavy atom. The molecule has 9 nitrogen and oxygen atoms in total. The molecule has 206 valence electrons. The fraction of sp³-hybridized carbons (Fsp3) is 0.290. The Morgan fingerprint density at radius 3 is 2.55 bits per heavy atom. The number of carboxylic acid groups (broad SMARTS) is 1. The van der Waals surface area contributed by atoms with Crippen molar-refractivity contribution in [1.82, 2.24) is 14.9 Å². The number of carbonyl (C=O) groups excluding carboxylic acids is 1. The third kappa shape index (κ3) is 5.83. The van der Waals surface area contributed by atoms with E-state index in [4.69, 9.17) is 9.47 Å². The molecular formula is C31H31N3O6. The van der Waals surface area contributed by atoms with E-state index in [0.29, 0.717) is 53.1 Å². The van der Waals surface area contributed by atoms with Crippen LogP contribution < -0.4 is 20.3 Å². The summed E-state index contributed by atoms with van der Waals surface area (Å²) < 4.78 is 12.4. The number of unbranched alkanes of at least 4 members (excludes halogenated alkanes) is 1. The fourth-order valence-electron chi connectivity index (χ4n) is 5.02. The number of amides is 1. The quantitative estimate of drug-likeness (QED) is 0.280. The second-order valence-corrected chi connectivity index (χ2v) is 9.81. The van der Waals surface area contributed by atoms with Gasteiger partial charge in [0.25, 0.3) is 5.56 Å². The smallest absolute Gasteiger partial charge is 0.305 e. The molecule has 2 N–H and O–H groups in total. The maximum atomic E-state index is 14.0. The molecule has 0 bridgehead atoms. The average molecular weight is 542 g/mol. The molecule has 0 aliphatic carbocycles. The van der Waals surface area contributed by atoms with Crippen LogP contribution in [0.15, 0.2) is 77.6 Å². The van der Waals surface area contributed by atoms with Crippen molar-refractivity contribution >= 4 is 22.9 Å². The molecular weight excluding hydrogens is 510 g/mol. The normalized spacial score (nSPS) is 13.6. The lowest BCUT2D eigenvalue weighted by molar-refractivity contribution is -0.137. The van der Waals surface area contributed by atoms with Gasteiger partial charge in [-0.25, -0.2) is 4.98 Å². The maximum absolute atomic E-state index is 14.0. The van der Waals surface area contributed by atoms with Crippen LogP contribution in [0.25, 0.3) is 11.0 Å². The van der Waals surface area contributed by atoms with Gasteiger partial charge in [-0.05, 0) is 41.8 Å². The number of hydrogen-bond donors (Lipinski definition) is 2. The summed E-state index contributed by atoms with van der Waals surface area (Å²) in [6.45, 7) is 2.10. The van der Waals surface area contributed by atoms with Crippen molar-refractivity contribution in [2.24, 2.45) is 0 Å². The van der Waals surface area contributed by atoms with Crippen LogP contribution in [0, 0.1) is 0 Å². The monoisotopic (exact) mass is 541 g/mol. The maximum Gasteiger partial charge on any atom is 0.305 e. The Hall–Kier alpha value is -4.66. The van der Waals surface area contributed by atoms with Crippen LogP contribution in [0.1, 0.15) is 61.5 Å². The summed E-state index contributed by atoms with van der Waals surface area (Å²) in [6.07, 6.45) is 1.91. The van der Waals surface area contributed by atoms with Gasteiger partial charge in [-0.3, -0.25) is 19.0 Å². The molecule has 0 saturated carbocycles. The summed E-state index contributed by atoms with van der Waals surface area (Å²) in [4.78, 5) is 44.4. The third-order valence-electron chi connectivity index (χ3n) is 7.02. The number of fused-ring (bicyclic) bond motifs is 2. The molecule has 2 atom stereocenters. The first-order valence-corrected chi connectivity index (χ1v) is 13.4. The summed E-state index contributed by atoms with van der Waals surface area (Å²) in [6, 6.07) is 20.3. The van der Waals surface area contributed by atoms with Gasteiger partial charge in [0.1, 0.15) is 11.7 Å². The first-order chi connectivity index (χ1) is 19.4. The van der Waals surface area contributed by atoms with Gasteiger partial charge in [-0.1, -0.05) is 68.3 Å². The van der Waals surface area contributed by atoms with Crippen LogP contribution in [0.3, 0.4) is 0 Å². The first kappa shape index (κ1) is 26.9. The predicted molar refractivity (Wildman–Crippen MR) is 150 cm³/mol. The van der Waals surface area contributed by atoms with Crippen molar-refractivity contribution in [3.05, 3.63) is 100.0 Å². The summed E-state index contributed by atoms with van der Waals surface area (Å²) in [5, 5.41) is 12.6. The van der Waals surface area contributed by atoms with Crippen LogP contribution in [0.2, 0.25) is 0 Å². The highest BCUT2D eigenvalue weighted by atomic mass is 16.7. The van der Waals surface area contributed by atoms with Crippen molar-refractivity contribution < 1.29 is 24.2 Å². The van der Waals surface area contributed by atoms with E-state index in [0.717, 1.165) is 12.0 Å². The van der Waals surface area contributed by atoms with Crippen LogP contribution >= 0.6 is 0 Å². The molecule has 0 spiro atoms. The molecule has 1 unspecified atom stereocenters. The molecule has 0 fully saturated rings. The minimum Gasteiger partial charge on any atom is -0.481 e. The van der Waals surface area contributed by atoms with E-state index in [2.05, 4.69) is 10.3 Å².